The third-order valence-electron chi connectivity index (χ3n) is 4.43. The molecule has 1 heterocycles. The van der Waals surface area contributed by atoms with Gasteiger partial charge in [0, 0.05) is 31.9 Å². The molecule has 0 N–H and O–H groups in total. The number of nitriles is 1. The average molecular weight is 353 g/mol. The molecule has 5 nitrogen and oxygen atoms in total. The second kappa shape index (κ2) is 7.87. The van der Waals surface area contributed by atoms with Gasteiger partial charge in [0.2, 0.25) is 0 Å². The molecule has 0 bridgehead atoms. The molecule has 2 aromatic rings. The Hall–Kier alpha value is -3.07. The number of nitrogens with zero attached hydrogens (tertiary/aromatic N) is 3. The van der Waals surface area contributed by atoms with Crippen molar-refractivity contribution in [1.82, 2.24) is 4.90 Å². The molecule has 0 spiro atoms. The Kier molecular flexibility index (Phi) is 5.37. The van der Waals surface area contributed by atoms with Crippen LogP contribution in [0.15, 0.2) is 48.5 Å². The van der Waals surface area contributed by atoms with Crippen molar-refractivity contribution in [3.63, 3.8) is 0 Å². The summed E-state index contributed by atoms with van der Waals surface area (Å²) >= 11 is 0. The Morgan fingerprint density at radius 3 is 2.27 bits per heavy atom. The zero-order valence-electron chi connectivity index (χ0n) is 14.6. The van der Waals surface area contributed by atoms with Crippen LogP contribution >= 0.6 is 0 Å². The molecule has 1 fully saturated rings. The van der Waals surface area contributed by atoms with E-state index in [0.29, 0.717) is 37.5 Å². The summed E-state index contributed by atoms with van der Waals surface area (Å²) in [6.07, 6.45) is -0.597. The Morgan fingerprint density at radius 2 is 1.69 bits per heavy atom. The van der Waals surface area contributed by atoms with Gasteiger partial charge in [0.05, 0.1) is 11.6 Å². The highest BCUT2D eigenvalue weighted by molar-refractivity contribution is 5.81. The van der Waals surface area contributed by atoms with Gasteiger partial charge in [-0.15, -0.1) is 0 Å². The monoisotopic (exact) mass is 353 g/mol. The molecule has 0 radical (unpaired) electrons. The molecule has 1 saturated heterocycles. The molecule has 26 heavy (non-hydrogen) atoms. The van der Waals surface area contributed by atoms with Gasteiger partial charge in [-0.25, -0.2) is 4.39 Å². The number of rotatable bonds is 4. The van der Waals surface area contributed by atoms with Crippen LogP contribution in [0.25, 0.3) is 0 Å². The average Bonchev–Trinajstić information content (AvgIpc) is 2.69. The molecule has 3 rings (SSSR count). The number of anilines is 1. The molecule has 134 valence electrons. The third-order valence-corrected chi connectivity index (χ3v) is 4.43. The maximum Gasteiger partial charge on any atom is 0.263 e. The van der Waals surface area contributed by atoms with Crippen LogP contribution in [0, 0.1) is 17.1 Å². The molecule has 1 aliphatic rings. The molecule has 6 heteroatoms. The maximum atomic E-state index is 13.0. The fourth-order valence-corrected chi connectivity index (χ4v) is 2.96. The van der Waals surface area contributed by atoms with Crippen LogP contribution < -0.4 is 9.64 Å². The van der Waals surface area contributed by atoms with Crippen LogP contribution in [0.5, 0.6) is 5.75 Å². The number of hydrogen-bond donors (Lipinski definition) is 0. The molecule has 1 aliphatic heterocycles. The van der Waals surface area contributed by atoms with E-state index in [4.69, 9.17) is 10.00 Å². The van der Waals surface area contributed by atoms with Crippen LogP contribution in [-0.2, 0) is 4.79 Å². The van der Waals surface area contributed by atoms with Crippen molar-refractivity contribution in [3.8, 4) is 11.8 Å². The molecular formula is C20H20FN3O2. The first-order chi connectivity index (χ1) is 12.6. The molecule has 0 unspecified atom stereocenters. The first-order valence-corrected chi connectivity index (χ1v) is 8.53. The Morgan fingerprint density at radius 1 is 1.08 bits per heavy atom. The minimum absolute atomic E-state index is 0.0619. The summed E-state index contributed by atoms with van der Waals surface area (Å²) in [4.78, 5) is 16.5. The lowest BCUT2D eigenvalue weighted by Crippen LogP contribution is -2.52. The molecule has 0 aromatic heterocycles. The quantitative estimate of drug-likeness (QED) is 0.848. The van der Waals surface area contributed by atoms with E-state index in [1.54, 1.807) is 48.2 Å². The topological polar surface area (TPSA) is 56.6 Å². The molecule has 1 atom stereocenters. The standard InChI is InChI=1S/C20H20FN3O2/c1-15(26-19-8-2-16(14-22)3-9-19)20(25)24-12-10-23(11-13-24)18-6-4-17(21)5-7-18/h2-9,15H,10-13H2,1H3/t15-/m0/s1. The predicted molar refractivity (Wildman–Crippen MR) is 96.4 cm³/mol. The van der Waals surface area contributed by atoms with E-state index in [1.807, 2.05) is 6.07 Å². The maximum absolute atomic E-state index is 13.0. The number of benzene rings is 2. The van der Waals surface area contributed by atoms with Crippen molar-refractivity contribution in [2.45, 2.75) is 13.0 Å². The van der Waals surface area contributed by atoms with Crippen molar-refractivity contribution in [3.05, 3.63) is 59.9 Å². The van der Waals surface area contributed by atoms with Gasteiger partial charge >= 0.3 is 0 Å². The number of halogens is 1. The predicted octanol–water partition coefficient (Wildman–Crippen LogP) is 2.81. The summed E-state index contributed by atoms with van der Waals surface area (Å²) in [6.45, 7) is 4.31. The van der Waals surface area contributed by atoms with E-state index in [0.717, 1.165) is 5.69 Å². The molecule has 2 aromatic carbocycles. The van der Waals surface area contributed by atoms with Gasteiger partial charge in [-0.05, 0) is 55.5 Å². The van der Waals surface area contributed by atoms with Gasteiger partial charge in [0.15, 0.2) is 6.10 Å². The summed E-state index contributed by atoms with van der Waals surface area (Å²) in [7, 11) is 0. The van der Waals surface area contributed by atoms with Crippen molar-refractivity contribution >= 4 is 11.6 Å². The van der Waals surface area contributed by atoms with Crippen LogP contribution in [0.1, 0.15) is 12.5 Å². The van der Waals surface area contributed by atoms with E-state index in [2.05, 4.69) is 4.90 Å². The number of hydrogen-bond acceptors (Lipinski definition) is 4. The van der Waals surface area contributed by atoms with Gasteiger partial charge in [-0.3, -0.25) is 4.79 Å². The van der Waals surface area contributed by atoms with Crippen molar-refractivity contribution in [2.75, 3.05) is 31.1 Å². The normalized spacial score (nSPS) is 15.3. The van der Waals surface area contributed by atoms with Crippen LogP contribution in [0.2, 0.25) is 0 Å². The van der Waals surface area contributed by atoms with Gasteiger partial charge < -0.3 is 14.5 Å². The lowest BCUT2D eigenvalue weighted by atomic mass is 10.2. The zero-order valence-corrected chi connectivity index (χ0v) is 14.6. The lowest BCUT2D eigenvalue weighted by Gasteiger charge is -2.37. The molecular weight excluding hydrogens is 333 g/mol. The van der Waals surface area contributed by atoms with Crippen LogP contribution in [0.4, 0.5) is 10.1 Å². The summed E-state index contributed by atoms with van der Waals surface area (Å²) in [5.74, 6) is 0.249. The van der Waals surface area contributed by atoms with Crippen LogP contribution in [0.3, 0.4) is 0 Å². The first-order valence-electron chi connectivity index (χ1n) is 8.53. The Bertz CT molecular complexity index is 791. The highest BCUT2D eigenvalue weighted by Gasteiger charge is 2.26. The molecule has 0 saturated carbocycles. The lowest BCUT2D eigenvalue weighted by molar-refractivity contribution is -0.138. The van der Waals surface area contributed by atoms with E-state index < -0.39 is 6.10 Å². The Labute approximate surface area is 152 Å². The number of piperazine rings is 1. The summed E-state index contributed by atoms with van der Waals surface area (Å²) < 4.78 is 18.7. The van der Waals surface area contributed by atoms with Crippen molar-refractivity contribution < 1.29 is 13.9 Å². The number of carbonyl (C=O) groups excluding carboxylic acids is 1. The number of ether oxygens (including phenoxy) is 1. The van der Waals surface area contributed by atoms with E-state index in [9.17, 15) is 9.18 Å². The molecule has 0 aliphatic carbocycles. The van der Waals surface area contributed by atoms with Crippen molar-refractivity contribution in [2.24, 2.45) is 0 Å². The fraction of sp³-hybridized carbons (Fsp3) is 0.300. The van der Waals surface area contributed by atoms with E-state index >= 15 is 0 Å². The van der Waals surface area contributed by atoms with Gasteiger partial charge in [0.1, 0.15) is 11.6 Å². The van der Waals surface area contributed by atoms with Crippen molar-refractivity contribution in [1.29, 1.82) is 5.26 Å². The van der Waals surface area contributed by atoms with E-state index in [1.165, 1.54) is 12.1 Å². The largest absolute Gasteiger partial charge is 0.481 e. The second-order valence-electron chi connectivity index (χ2n) is 6.19. The smallest absolute Gasteiger partial charge is 0.263 e. The van der Waals surface area contributed by atoms with E-state index in [-0.39, 0.29) is 11.7 Å². The summed E-state index contributed by atoms with van der Waals surface area (Å²) in [6, 6.07) is 15.1. The zero-order chi connectivity index (χ0) is 18.5. The first kappa shape index (κ1) is 17.7. The van der Waals surface area contributed by atoms with Gasteiger partial charge in [-0.2, -0.15) is 5.26 Å². The molecule has 1 amide bonds. The minimum atomic E-state index is -0.597. The Balaban J connectivity index is 1.53. The highest BCUT2D eigenvalue weighted by atomic mass is 19.1. The number of carbonyl (C=O) groups is 1. The van der Waals surface area contributed by atoms with Gasteiger partial charge in [0.25, 0.3) is 5.91 Å². The second-order valence-corrected chi connectivity index (χ2v) is 6.19. The third kappa shape index (κ3) is 4.12. The number of amides is 1. The SMILES string of the molecule is C[C@H](Oc1ccc(C#N)cc1)C(=O)N1CCN(c2ccc(F)cc2)CC1. The fourth-order valence-electron chi connectivity index (χ4n) is 2.96. The minimum Gasteiger partial charge on any atom is -0.481 e. The summed E-state index contributed by atoms with van der Waals surface area (Å²) in [5.41, 5.74) is 1.51. The van der Waals surface area contributed by atoms with Gasteiger partial charge in [-0.1, -0.05) is 0 Å². The van der Waals surface area contributed by atoms with Crippen LogP contribution in [-0.4, -0.2) is 43.1 Å². The highest BCUT2D eigenvalue weighted by Crippen LogP contribution is 2.18. The summed E-state index contributed by atoms with van der Waals surface area (Å²) in [5, 5.41) is 8.81.